The van der Waals surface area contributed by atoms with Crippen LogP contribution in [0.2, 0.25) is 0 Å². The predicted molar refractivity (Wildman–Crippen MR) is 63.0 cm³/mol. The van der Waals surface area contributed by atoms with E-state index in [0.29, 0.717) is 0 Å². The van der Waals surface area contributed by atoms with Gasteiger partial charge in [0.25, 0.3) is 23.5 Å². The number of alkyl halides is 1. The number of hydrogen-bond donors (Lipinski definition) is 1. The second kappa shape index (κ2) is 4.82. The maximum absolute atomic E-state index is 14.9. The van der Waals surface area contributed by atoms with Gasteiger partial charge in [-0.1, -0.05) is 0 Å². The molecule has 0 aromatic heterocycles. The third-order valence-corrected chi connectivity index (χ3v) is 3.74. The third-order valence-electron chi connectivity index (χ3n) is 3.74. The van der Waals surface area contributed by atoms with Gasteiger partial charge in [-0.2, -0.15) is 0 Å². The van der Waals surface area contributed by atoms with Crippen molar-refractivity contribution < 1.29 is 41.1 Å². The summed E-state index contributed by atoms with van der Waals surface area (Å²) in [4.78, 5) is 46.4. The predicted octanol–water partition coefficient (Wildman–Crippen LogP) is 0.941. The van der Waals surface area contributed by atoms with Crippen LogP contribution in [0.25, 0.3) is 0 Å². The van der Waals surface area contributed by atoms with Crippen LogP contribution in [0.1, 0.15) is 33.6 Å². The molecule has 1 aromatic carbocycles. The van der Waals surface area contributed by atoms with Gasteiger partial charge in [0.1, 0.15) is 0 Å². The summed E-state index contributed by atoms with van der Waals surface area (Å²) in [6.07, 6.45) is -1.57. The van der Waals surface area contributed by atoms with Crippen molar-refractivity contribution in [3.05, 3.63) is 34.4 Å². The average molecular weight is 348 g/mol. The second-order valence-corrected chi connectivity index (χ2v) is 5.09. The Morgan fingerprint density at radius 2 is 1.29 bits per heavy atom. The number of benzene rings is 1. The van der Waals surface area contributed by atoms with Crippen LogP contribution in [-0.4, -0.2) is 34.3 Å². The minimum atomic E-state index is -3.42. The van der Waals surface area contributed by atoms with Crippen molar-refractivity contribution in [1.82, 2.24) is 10.2 Å². The van der Waals surface area contributed by atoms with Gasteiger partial charge in [0, 0.05) is 12.8 Å². The number of amides is 4. The second-order valence-electron chi connectivity index (χ2n) is 5.09. The van der Waals surface area contributed by atoms with Gasteiger partial charge < -0.3 is 0 Å². The molecule has 0 aliphatic carbocycles. The van der Waals surface area contributed by atoms with Crippen LogP contribution in [-0.2, 0) is 9.59 Å². The lowest BCUT2D eigenvalue weighted by Gasteiger charge is -2.33. The fraction of sp³-hybridized carbons (Fsp3) is 0.231. The number of hydrogen-bond acceptors (Lipinski definition) is 4. The lowest BCUT2D eigenvalue weighted by atomic mass is 10.0. The summed E-state index contributed by atoms with van der Waals surface area (Å²) < 4.78 is 68.8. The van der Waals surface area contributed by atoms with E-state index >= 15 is 0 Å². The van der Waals surface area contributed by atoms with Crippen molar-refractivity contribution in [2.75, 3.05) is 0 Å². The minimum Gasteiger partial charge on any atom is -0.292 e. The van der Waals surface area contributed by atoms with E-state index in [1.807, 2.05) is 0 Å². The van der Waals surface area contributed by atoms with E-state index in [0.717, 1.165) is 0 Å². The zero-order valence-corrected chi connectivity index (χ0v) is 11.4. The number of carbonyl (C=O) groups is 4. The summed E-state index contributed by atoms with van der Waals surface area (Å²) >= 11 is 0. The molecule has 4 amide bonds. The molecule has 1 aromatic rings. The van der Waals surface area contributed by atoms with Gasteiger partial charge in [0.05, 0.1) is 11.1 Å². The molecule has 11 heteroatoms. The molecule has 1 unspecified atom stereocenters. The van der Waals surface area contributed by atoms with Crippen LogP contribution < -0.4 is 5.32 Å². The Kier molecular flexibility index (Phi) is 3.22. The summed E-state index contributed by atoms with van der Waals surface area (Å²) in [6.45, 7) is 0. The molecule has 0 radical (unpaired) electrons. The summed E-state index contributed by atoms with van der Waals surface area (Å²) in [6, 6.07) is 0. The quantitative estimate of drug-likeness (QED) is 0.269. The van der Waals surface area contributed by atoms with Crippen molar-refractivity contribution >= 4 is 23.6 Å². The molecule has 0 spiro atoms. The molecule has 2 aliphatic heterocycles. The number of carbonyl (C=O) groups excluding carboxylic acids is 4. The van der Waals surface area contributed by atoms with Gasteiger partial charge in [-0.3, -0.25) is 24.5 Å². The average Bonchev–Trinajstić information content (AvgIpc) is 2.79. The van der Waals surface area contributed by atoms with E-state index < -0.39 is 81.6 Å². The van der Waals surface area contributed by atoms with Crippen molar-refractivity contribution in [1.29, 1.82) is 0 Å². The summed E-state index contributed by atoms with van der Waals surface area (Å²) in [5.74, 6) is -18.8. The maximum atomic E-state index is 14.9. The largest absolute Gasteiger partial charge is 0.292 e. The molecule has 2 heterocycles. The lowest BCUT2D eigenvalue weighted by Crippen LogP contribution is -2.62. The fourth-order valence-electron chi connectivity index (χ4n) is 2.56. The van der Waals surface area contributed by atoms with E-state index in [4.69, 9.17) is 0 Å². The molecule has 6 nitrogen and oxygen atoms in total. The standard InChI is InChI=1S/C13H5F5N2O4/c14-6-4-5(7(15)9(17)8(6)16)11(23)20(10(4)22)13(18)2-1-3(21)19-12(13)24/h1-2H2,(H,19,21,24). The first-order valence-electron chi connectivity index (χ1n) is 6.39. The zero-order valence-electron chi connectivity index (χ0n) is 11.4. The highest BCUT2D eigenvalue weighted by atomic mass is 19.2. The highest BCUT2D eigenvalue weighted by Gasteiger charge is 2.58. The first-order chi connectivity index (χ1) is 11.1. The van der Waals surface area contributed by atoms with Gasteiger partial charge in [-0.25, -0.2) is 26.9 Å². The molecule has 1 atom stereocenters. The lowest BCUT2D eigenvalue weighted by molar-refractivity contribution is -0.151. The molecule has 0 saturated carbocycles. The topological polar surface area (TPSA) is 83.6 Å². The first kappa shape index (κ1) is 16.0. The van der Waals surface area contributed by atoms with Crippen LogP contribution >= 0.6 is 0 Å². The molecule has 1 N–H and O–H groups in total. The Labute approximate surface area is 129 Å². The Hall–Kier alpha value is -2.85. The van der Waals surface area contributed by atoms with Gasteiger partial charge in [0.15, 0.2) is 23.3 Å². The van der Waals surface area contributed by atoms with Crippen LogP contribution in [0.4, 0.5) is 22.0 Å². The summed E-state index contributed by atoms with van der Waals surface area (Å²) in [5, 5.41) is 1.53. The van der Waals surface area contributed by atoms with E-state index in [1.54, 1.807) is 0 Å². The Morgan fingerprint density at radius 3 is 1.71 bits per heavy atom. The van der Waals surface area contributed by atoms with E-state index in [2.05, 4.69) is 0 Å². The molecule has 3 rings (SSSR count). The van der Waals surface area contributed by atoms with Gasteiger partial charge >= 0.3 is 0 Å². The van der Waals surface area contributed by atoms with Crippen molar-refractivity contribution in [2.24, 2.45) is 0 Å². The van der Waals surface area contributed by atoms with Crippen molar-refractivity contribution in [3.8, 4) is 0 Å². The Morgan fingerprint density at radius 1 is 0.833 bits per heavy atom. The molecule has 2 aliphatic rings. The molecule has 0 bridgehead atoms. The summed E-state index contributed by atoms with van der Waals surface area (Å²) in [5.41, 5.74) is -3.03. The number of imide groups is 2. The minimum absolute atomic E-state index is 0.440. The van der Waals surface area contributed by atoms with Crippen LogP contribution in [0.3, 0.4) is 0 Å². The van der Waals surface area contributed by atoms with Crippen LogP contribution in [0, 0.1) is 23.3 Å². The van der Waals surface area contributed by atoms with Crippen LogP contribution in [0.5, 0.6) is 0 Å². The maximum Gasteiger partial charge on any atom is 0.285 e. The third kappa shape index (κ3) is 1.80. The van der Waals surface area contributed by atoms with E-state index in [9.17, 15) is 41.1 Å². The van der Waals surface area contributed by atoms with Crippen LogP contribution in [0.15, 0.2) is 0 Å². The normalized spacial score (nSPS) is 23.6. The SMILES string of the molecule is O=C1CCC(F)(N2C(=O)c3c(F)c(F)c(F)c(F)c3C2=O)C(=O)N1. The Balaban J connectivity index is 2.18. The van der Waals surface area contributed by atoms with Gasteiger partial charge in [0.2, 0.25) is 5.91 Å². The fourth-order valence-corrected chi connectivity index (χ4v) is 2.56. The molecule has 1 saturated heterocycles. The smallest absolute Gasteiger partial charge is 0.285 e. The van der Waals surface area contributed by atoms with Gasteiger partial charge in [-0.05, 0) is 0 Å². The van der Waals surface area contributed by atoms with Gasteiger partial charge in [-0.15, -0.1) is 0 Å². The molecule has 1 fully saturated rings. The highest BCUT2D eigenvalue weighted by Crippen LogP contribution is 2.38. The number of piperidine rings is 1. The van der Waals surface area contributed by atoms with E-state index in [-0.39, 0.29) is 0 Å². The summed E-state index contributed by atoms with van der Waals surface area (Å²) in [7, 11) is 0. The number of rotatable bonds is 1. The number of fused-ring (bicyclic) bond motifs is 1. The van der Waals surface area contributed by atoms with Crippen molar-refractivity contribution in [3.63, 3.8) is 0 Å². The number of nitrogens with zero attached hydrogens (tertiary/aromatic N) is 1. The zero-order chi connectivity index (χ0) is 18.0. The first-order valence-corrected chi connectivity index (χ1v) is 6.39. The molecular weight excluding hydrogens is 343 g/mol. The molecule has 126 valence electrons. The molecular formula is C13H5F5N2O4. The highest BCUT2D eigenvalue weighted by molar-refractivity contribution is 6.24. The number of halogens is 5. The van der Waals surface area contributed by atoms with E-state index in [1.165, 1.54) is 5.32 Å². The Bertz CT molecular complexity index is 808. The molecule has 24 heavy (non-hydrogen) atoms. The van der Waals surface area contributed by atoms with Crippen molar-refractivity contribution in [2.45, 2.75) is 18.6 Å². The number of nitrogens with one attached hydrogen (secondary N) is 1. The monoisotopic (exact) mass is 348 g/mol.